The summed E-state index contributed by atoms with van der Waals surface area (Å²) in [6.07, 6.45) is 4.34. The normalized spacial score (nSPS) is 20.2. The molecule has 1 aromatic heterocycles. The average molecular weight is 447 g/mol. The van der Waals surface area contributed by atoms with Crippen LogP contribution in [-0.4, -0.2) is 70.9 Å². The quantitative estimate of drug-likeness (QED) is 0.661. The van der Waals surface area contributed by atoms with Crippen LogP contribution in [0.2, 0.25) is 0 Å². The molecule has 8 nitrogen and oxygen atoms in total. The van der Waals surface area contributed by atoms with E-state index < -0.39 is 11.2 Å². The maximum Gasteiger partial charge on any atom is 0.410 e. The first-order chi connectivity index (χ1) is 14.9. The number of piperazine rings is 1. The minimum Gasteiger partial charge on any atom is -0.444 e. The maximum absolute atomic E-state index is 12.7. The Morgan fingerprint density at radius 2 is 1.50 bits per heavy atom. The number of hydrogen-bond donors (Lipinski definition) is 0. The number of anilines is 1. The topological polar surface area (TPSA) is 75.2 Å². The first-order valence-corrected chi connectivity index (χ1v) is 11.6. The highest BCUT2D eigenvalue weighted by molar-refractivity contribution is 5.69. The van der Waals surface area contributed by atoms with Crippen molar-refractivity contribution in [3.8, 4) is 0 Å². The second-order valence-electron chi connectivity index (χ2n) is 10.6. The molecule has 0 bridgehead atoms. The lowest BCUT2D eigenvalue weighted by Gasteiger charge is -2.37. The van der Waals surface area contributed by atoms with Crippen molar-refractivity contribution in [2.24, 2.45) is 0 Å². The predicted octanol–water partition coefficient (Wildman–Crippen LogP) is 4.60. The molecule has 2 saturated heterocycles. The van der Waals surface area contributed by atoms with Crippen molar-refractivity contribution in [2.45, 2.75) is 78.0 Å². The van der Waals surface area contributed by atoms with Gasteiger partial charge >= 0.3 is 12.2 Å². The molecule has 0 N–H and O–H groups in total. The molecule has 3 heterocycles. The van der Waals surface area contributed by atoms with Gasteiger partial charge in [0, 0.05) is 38.9 Å². The van der Waals surface area contributed by atoms with E-state index in [1.165, 1.54) is 0 Å². The summed E-state index contributed by atoms with van der Waals surface area (Å²) in [7, 11) is 0. The summed E-state index contributed by atoms with van der Waals surface area (Å²) in [5, 5.41) is 0. The third-order valence-electron chi connectivity index (χ3n) is 5.54. The maximum atomic E-state index is 12.7. The molecule has 2 fully saturated rings. The largest absolute Gasteiger partial charge is 0.444 e. The molecule has 3 rings (SSSR count). The number of nitrogens with zero attached hydrogens (tertiary/aromatic N) is 4. The average Bonchev–Trinajstić information content (AvgIpc) is 2.71. The van der Waals surface area contributed by atoms with Crippen LogP contribution in [-0.2, 0) is 9.47 Å². The molecule has 1 aromatic rings. The lowest BCUT2D eigenvalue weighted by molar-refractivity contribution is 0.00939. The van der Waals surface area contributed by atoms with Gasteiger partial charge in [-0.05, 0) is 72.4 Å². The van der Waals surface area contributed by atoms with E-state index in [1.54, 1.807) is 4.90 Å². The van der Waals surface area contributed by atoms with Crippen LogP contribution in [0, 0.1) is 0 Å². The van der Waals surface area contributed by atoms with Crippen molar-refractivity contribution in [3.63, 3.8) is 0 Å². The minimum absolute atomic E-state index is 0.0100. The summed E-state index contributed by atoms with van der Waals surface area (Å²) in [5.41, 5.74) is 0.0345. The summed E-state index contributed by atoms with van der Waals surface area (Å²) in [4.78, 5) is 35.4. The van der Waals surface area contributed by atoms with E-state index in [2.05, 4.69) is 16.0 Å². The van der Waals surface area contributed by atoms with Crippen molar-refractivity contribution < 1.29 is 19.1 Å². The summed E-state index contributed by atoms with van der Waals surface area (Å²) in [6, 6.07) is 4.07. The van der Waals surface area contributed by atoms with Crippen LogP contribution in [0.15, 0.2) is 18.3 Å². The van der Waals surface area contributed by atoms with Crippen LogP contribution in [0.1, 0.15) is 72.4 Å². The lowest BCUT2D eigenvalue weighted by Crippen LogP contribution is -2.50. The Hall–Kier alpha value is -2.51. The van der Waals surface area contributed by atoms with Crippen molar-refractivity contribution in [1.82, 2.24) is 14.8 Å². The van der Waals surface area contributed by atoms with Gasteiger partial charge in [-0.2, -0.15) is 0 Å². The molecule has 2 aliphatic heterocycles. The summed E-state index contributed by atoms with van der Waals surface area (Å²) >= 11 is 0. The number of pyridine rings is 1. The summed E-state index contributed by atoms with van der Waals surface area (Å²) in [5.74, 6) is 0.886. The molecule has 0 saturated carbocycles. The molecule has 0 aliphatic carbocycles. The van der Waals surface area contributed by atoms with Crippen molar-refractivity contribution >= 4 is 18.0 Å². The molecule has 0 aromatic carbocycles. The van der Waals surface area contributed by atoms with Crippen LogP contribution in [0.5, 0.6) is 0 Å². The first-order valence-electron chi connectivity index (χ1n) is 11.6. The first kappa shape index (κ1) is 24.1. The molecule has 178 valence electrons. The Morgan fingerprint density at radius 1 is 0.875 bits per heavy atom. The number of carbonyl (C=O) groups excluding carboxylic acids is 2. The van der Waals surface area contributed by atoms with Gasteiger partial charge < -0.3 is 24.2 Å². The Bertz CT molecular complexity index is 790. The number of piperidine rings is 1. The number of amides is 2. The van der Waals surface area contributed by atoms with Crippen LogP contribution >= 0.6 is 0 Å². The highest BCUT2D eigenvalue weighted by Crippen LogP contribution is 2.32. The number of ether oxygens (including phenoxy) is 2. The minimum atomic E-state index is -0.511. The van der Waals surface area contributed by atoms with Gasteiger partial charge in [0.15, 0.2) is 0 Å². The molecule has 0 spiro atoms. The molecule has 2 aliphatic rings. The van der Waals surface area contributed by atoms with Crippen LogP contribution in [0.3, 0.4) is 0 Å². The number of rotatable bonds is 2. The number of aromatic nitrogens is 1. The number of likely N-dealkylation sites (tertiary alicyclic amines) is 1. The molecular formula is C24H38N4O4. The van der Waals surface area contributed by atoms with Gasteiger partial charge in [-0.25, -0.2) is 14.6 Å². The van der Waals surface area contributed by atoms with E-state index >= 15 is 0 Å². The monoisotopic (exact) mass is 446 g/mol. The van der Waals surface area contributed by atoms with Crippen LogP contribution in [0.25, 0.3) is 0 Å². The van der Waals surface area contributed by atoms with Gasteiger partial charge in [-0.15, -0.1) is 0 Å². The van der Waals surface area contributed by atoms with E-state index in [1.807, 2.05) is 58.7 Å². The fourth-order valence-electron chi connectivity index (χ4n) is 4.04. The smallest absolute Gasteiger partial charge is 0.410 e. The summed E-state index contributed by atoms with van der Waals surface area (Å²) < 4.78 is 11.1. The Labute approximate surface area is 191 Å². The van der Waals surface area contributed by atoms with Gasteiger partial charge in [0.25, 0.3) is 0 Å². The van der Waals surface area contributed by atoms with E-state index in [0.717, 1.165) is 30.6 Å². The second kappa shape index (κ2) is 9.55. The van der Waals surface area contributed by atoms with Gasteiger partial charge in [0.2, 0.25) is 0 Å². The predicted molar refractivity (Wildman–Crippen MR) is 124 cm³/mol. The molecular weight excluding hydrogens is 408 g/mol. The SMILES string of the molecule is CC(C)(C)OC(=O)N1CCN(c2ccc(C3CCCCN3C(=O)OC(C)(C)C)cn2)CC1. The Kier molecular flexibility index (Phi) is 7.20. The van der Waals surface area contributed by atoms with Crippen LogP contribution in [0.4, 0.5) is 15.4 Å². The second-order valence-corrected chi connectivity index (χ2v) is 10.6. The fraction of sp³-hybridized carbons (Fsp3) is 0.708. The zero-order valence-electron chi connectivity index (χ0n) is 20.4. The van der Waals surface area contributed by atoms with Gasteiger partial charge in [-0.3, -0.25) is 0 Å². The highest BCUT2D eigenvalue weighted by atomic mass is 16.6. The van der Waals surface area contributed by atoms with Gasteiger partial charge in [0.05, 0.1) is 6.04 Å². The van der Waals surface area contributed by atoms with Crippen molar-refractivity contribution in [1.29, 1.82) is 0 Å². The van der Waals surface area contributed by atoms with E-state index in [-0.39, 0.29) is 18.2 Å². The van der Waals surface area contributed by atoms with E-state index in [0.29, 0.717) is 32.7 Å². The van der Waals surface area contributed by atoms with E-state index in [9.17, 15) is 9.59 Å². The number of hydrogen-bond acceptors (Lipinski definition) is 6. The number of carbonyl (C=O) groups is 2. The zero-order valence-corrected chi connectivity index (χ0v) is 20.4. The molecule has 2 amide bonds. The molecule has 1 unspecified atom stereocenters. The van der Waals surface area contributed by atoms with Crippen molar-refractivity contribution in [3.05, 3.63) is 23.9 Å². The molecule has 0 radical (unpaired) electrons. The Morgan fingerprint density at radius 3 is 2.06 bits per heavy atom. The third kappa shape index (κ3) is 6.50. The zero-order chi connectivity index (χ0) is 23.5. The molecule has 8 heteroatoms. The lowest BCUT2D eigenvalue weighted by atomic mass is 9.97. The van der Waals surface area contributed by atoms with Crippen LogP contribution < -0.4 is 4.90 Å². The summed E-state index contributed by atoms with van der Waals surface area (Å²) in [6.45, 7) is 14.6. The highest BCUT2D eigenvalue weighted by Gasteiger charge is 2.32. The molecule has 1 atom stereocenters. The van der Waals surface area contributed by atoms with Gasteiger partial charge in [-0.1, -0.05) is 6.07 Å². The van der Waals surface area contributed by atoms with Gasteiger partial charge in [0.1, 0.15) is 17.0 Å². The third-order valence-corrected chi connectivity index (χ3v) is 5.54. The standard InChI is InChI=1S/C24H38N4O4/c1-23(2,3)31-21(29)27-15-13-26(14-16-27)20-11-10-18(17-25-20)19-9-7-8-12-28(19)22(30)32-24(4,5)6/h10-11,17,19H,7-9,12-16H2,1-6H3. The fourth-order valence-corrected chi connectivity index (χ4v) is 4.04. The Balaban J connectivity index is 1.61. The van der Waals surface area contributed by atoms with E-state index in [4.69, 9.17) is 9.47 Å². The molecule has 32 heavy (non-hydrogen) atoms. The van der Waals surface area contributed by atoms with Crippen molar-refractivity contribution in [2.75, 3.05) is 37.6 Å².